The summed E-state index contributed by atoms with van der Waals surface area (Å²) in [6.45, 7) is 4.30. The second-order valence-electron chi connectivity index (χ2n) is 6.80. The van der Waals surface area contributed by atoms with E-state index in [1.165, 1.54) is 31.2 Å². The first-order chi connectivity index (χ1) is 9.22. The minimum Gasteiger partial charge on any atom is -0.399 e. The van der Waals surface area contributed by atoms with E-state index in [9.17, 15) is 0 Å². The van der Waals surface area contributed by atoms with E-state index >= 15 is 0 Å². The minimum atomic E-state index is 0.302. The summed E-state index contributed by atoms with van der Waals surface area (Å²) < 4.78 is 5.91. The van der Waals surface area contributed by atoms with Gasteiger partial charge in [-0.15, -0.1) is 0 Å². The molecule has 0 aromatic heterocycles. The second kappa shape index (κ2) is 3.99. The zero-order chi connectivity index (χ0) is 13.0. The lowest BCUT2D eigenvalue weighted by molar-refractivity contribution is -0.0632. The molecule has 1 aliphatic heterocycles. The molecule has 3 aliphatic rings. The van der Waals surface area contributed by atoms with Gasteiger partial charge in [0, 0.05) is 17.7 Å². The fourth-order valence-corrected chi connectivity index (χ4v) is 5.24. The number of hydrogen-bond donors (Lipinski definition) is 1. The topological polar surface area (TPSA) is 35.2 Å². The maximum Gasteiger partial charge on any atom is 0.0565 e. The molecule has 1 saturated heterocycles. The van der Waals surface area contributed by atoms with E-state index in [2.05, 4.69) is 25.1 Å². The Bertz CT molecular complexity index is 508. The highest BCUT2D eigenvalue weighted by molar-refractivity contribution is 5.51. The van der Waals surface area contributed by atoms with E-state index in [-0.39, 0.29) is 0 Å². The smallest absolute Gasteiger partial charge is 0.0565 e. The van der Waals surface area contributed by atoms with Crippen LogP contribution in [0.25, 0.3) is 0 Å². The predicted octanol–water partition coefficient (Wildman–Crippen LogP) is 3.46. The number of fused-ring (bicyclic) bond motifs is 1. The molecule has 2 fully saturated rings. The first-order valence-corrected chi connectivity index (χ1v) is 7.70. The summed E-state index contributed by atoms with van der Waals surface area (Å²) in [5.41, 5.74) is 10.3. The molecule has 4 atom stereocenters. The summed E-state index contributed by atoms with van der Waals surface area (Å²) in [5, 5.41) is 0. The first-order valence-electron chi connectivity index (χ1n) is 7.70. The Kier molecular flexibility index (Phi) is 2.47. The molecule has 4 rings (SSSR count). The van der Waals surface area contributed by atoms with Gasteiger partial charge in [-0.05, 0) is 60.3 Å². The molecule has 2 heteroatoms. The highest BCUT2D eigenvalue weighted by Gasteiger charge is 2.54. The van der Waals surface area contributed by atoms with Crippen molar-refractivity contribution in [1.29, 1.82) is 0 Å². The van der Waals surface area contributed by atoms with Crippen LogP contribution in [0.5, 0.6) is 0 Å². The summed E-state index contributed by atoms with van der Waals surface area (Å²) >= 11 is 0. The van der Waals surface area contributed by atoms with Crippen molar-refractivity contribution in [3.63, 3.8) is 0 Å². The maximum atomic E-state index is 6.03. The number of ether oxygens (including phenoxy) is 1. The van der Waals surface area contributed by atoms with Crippen molar-refractivity contribution >= 4 is 5.69 Å². The van der Waals surface area contributed by atoms with Gasteiger partial charge in [0.2, 0.25) is 0 Å². The van der Waals surface area contributed by atoms with Gasteiger partial charge in [-0.1, -0.05) is 19.4 Å². The Morgan fingerprint density at radius 1 is 1.32 bits per heavy atom. The molecule has 2 bridgehead atoms. The normalized spacial score (nSPS) is 40.4. The number of nitrogen functional groups attached to an aromatic ring is 1. The second-order valence-corrected chi connectivity index (χ2v) is 6.80. The fourth-order valence-electron chi connectivity index (χ4n) is 5.24. The van der Waals surface area contributed by atoms with Crippen LogP contribution in [-0.4, -0.2) is 13.2 Å². The van der Waals surface area contributed by atoms with Crippen LogP contribution >= 0.6 is 0 Å². The standard InChI is InChI=1S/C17H23NO/c1-11-13-3-2-7-17(10-19-8-6-16(13)17)15-5-4-12(18)9-14(11)15/h4-5,9,11,13,16H,2-3,6-8,10,18H2,1H3/t11-,13-,16+,17-/m1/s1. The zero-order valence-corrected chi connectivity index (χ0v) is 11.7. The number of rotatable bonds is 0. The molecular formula is C17H23NO. The molecule has 1 heterocycles. The van der Waals surface area contributed by atoms with Crippen molar-refractivity contribution in [3.05, 3.63) is 29.3 Å². The molecule has 0 amide bonds. The summed E-state index contributed by atoms with van der Waals surface area (Å²) in [6, 6.07) is 6.61. The Balaban J connectivity index is 1.94. The highest BCUT2D eigenvalue weighted by atomic mass is 16.5. The van der Waals surface area contributed by atoms with Crippen molar-refractivity contribution in [2.24, 2.45) is 11.8 Å². The fraction of sp³-hybridized carbons (Fsp3) is 0.647. The van der Waals surface area contributed by atoms with Crippen molar-refractivity contribution in [2.75, 3.05) is 18.9 Å². The lowest BCUT2D eigenvalue weighted by Crippen LogP contribution is -2.54. The van der Waals surface area contributed by atoms with Gasteiger partial charge in [-0.3, -0.25) is 0 Å². The molecule has 0 spiro atoms. The average Bonchev–Trinajstić information content (AvgIpc) is 2.44. The van der Waals surface area contributed by atoms with Gasteiger partial charge in [0.25, 0.3) is 0 Å². The average molecular weight is 257 g/mol. The van der Waals surface area contributed by atoms with E-state index in [0.29, 0.717) is 11.3 Å². The molecule has 1 aromatic carbocycles. The first kappa shape index (κ1) is 11.8. The molecule has 102 valence electrons. The van der Waals surface area contributed by atoms with Gasteiger partial charge in [0.1, 0.15) is 0 Å². The van der Waals surface area contributed by atoms with E-state index < -0.39 is 0 Å². The van der Waals surface area contributed by atoms with E-state index in [0.717, 1.165) is 30.7 Å². The van der Waals surface area contributed by atoms with Crippen LogP contribution in [0.1, 0.15) is 49.7 Å². The van der Waals surface area contributed by atoms with Crippen LogP contribution in [0.15, 0.2) is 18.2 Å². The van der Waals surface area contributed by atoms with Crippen LogP contribution < -0.4 is 5.73 Å². The van der Waals surface area contributed by atoms with Crippen molar-refractivity contribution < 1.29 is 4.74 Å². The summed E-state index contributed by atoms with van der Waals surface area (Å²) in [5.74, 6) is 2.34. The number of benzene rings is 1. The van der Waals surface area contributed by atoms with Crippen molar-refractivity contribution in [2.45, 2.75) is 43.9 Å². The molecule has 0 radical (unpaired) electrons. The summed E-state index contributed by atoms with van der Waals surface area (Å²) in [7, 11) is 0. The Morgan fingerprint density at radius 2 is 2.21 bits per heavy atom. The molecule has 0 unspecified atom stereocenters. The van der Waals surface area contributed by atoms with Crippen LogP contribution in [0.2, 0.25) is 0 Å². The number of nitrogens with two attached hydrogens (primary N) is 1. The predicted molar refractivity (Wildman–Crippen MR) is 77.2 cm³/mol. The van der Waals surface area contributed by atoms with Crippen molar-refractivity contribution in [3.8, 4) is 0 Å². The number of anilines is 1. The SMILES string of the molecule is C[C@H]1c2cc(N)ccc2[C@]23CCC[C@H]1[C@@H]2CCOC3. The molecule has 2 N–H and O–H groups in total. The summed E-state index contributed by atoms with van der Waals surface area (Å²) in [6.07, 6.45) is 5.30. The van der Waals surface area contributed by atoms with E-state index in [1.807, 2.05) is 0 Å². The van der Waals surface area contributed by atoms with Gasteiger partial charge >= 0.3 is 0 Å². The Morgan fingerprint density at radius 3 is 3.11 bits per heavy atom. The van der Waals surface area contributed by atoms with Crippen molar-refractivity contribution in [1.82, 2.24) is 0 Å². The Labute approximate surface area is 115 Å². The Hall–Kier alpha value is -1.02. The van der Waals surface area contributed by atoms with Crippen LogP contribution in [0.4, 0.5) is 5.69 Å². The van der Waals surface area contributed by atoms with Gasteiger partial charge in [-0.2, -0.15) is 0 Å². The van der Waals surface area contributed by atoms with Gasteiger partial charge in [0.05, 0.1) is 6.61 Å². The third-order valence-corrected chi connectivity index (χ3v) is 6.06. The third-order valence-electron chi connectivity index (χ3n) is 6.06. The molecule has 19 heavy (non-hydrogen) atoms. The molecule has 1 saturated carbocycles. The minimum absolute atomic E-state index is 0.302. The molecule has 2 nitrogen and oxygen atoms in total. The largest absolute Gasteiger partial charge is 0.399 e. The van der Waals surface area contributed by atoms with Crippen LogP contribution in [-0.2, 0) is 10.2 Å². The molecule has 2 aliphatic carbocycles. The van der Waals surface area contributed by atoms with Gasteiger partial charge in [0.15, 0.2) is 0 Å². The molecule has 1 aromatic rings. The highest BCUT2D eigenvalue weighted by Crippen LogP contribution is 2.59. The number of hydrogen-bond acceptors (Lipinski definition) is 2. The lowest BCUT2D eigenvalue weighted by atomic mass is 9.49. The summed E-state index contributed by atoms with van der Waals surface area (Å²) in [4.78, 5) is 0. The monoisotopic (exact) mass is 257 g/mol. The molecular weight excluding hydrogens is 234 g/mol. The van der Waals surface area contributed by atoms with E-state index in [1.54, 1.807) is 5.56 Å². The van der Waals surface area contributed by atoms with Crippen LogP contribution in [0, 0.1) is 11.8 Å². The zero-order valence-electron chi connectivity index (χ0n) is 11.7. The lowest BCUT2D eigenvalue weighted by Gasteiger charge is -2.57. The van der Waals surface area contributed by atoms with Gasteiger partial charge < -0.3 is 10.5 Å². The van der Waals surface area contributed by atoms with E-state index in [4.69, 9.17) is 10.5 Å². The maximum absolute atomic E-state index is 6.03. The van der Waals surface area contributed by atoms with Crippen LogP contribution in [0.3, 0.4) is 0 Å². The third kappa shape index (κ3) is 1.47. The quantitative estimate of drug-likeness (QED) is 0.722. The van der Waals surface area contributed by atoms with Gasteiger partial charge in [-0.25, -0.2) is 0 Å².